The van der Waals surface area contributed by atoms with Crippen molar-refractivity contribution in [2.45, 2.75) is 43.5 Å². The van der Waals surface area contributed by atoms with Crippen LogP contribution in [-0.4, -0.2) is 20.4 Å². The first-order valence-corrected chi connectivity index (χ1v) is 12.7. The number of carbonyl (C=O) groups excluding carboxylic acids is 1. The van der Waals surface area contributed by atoms with Gasteiger partial charge in [-0.3, -0.25) is 9.52 Å². The highest BCUT2D eigenvalue weighted by atomic mass is 35.5. The van der Waals surface area contributed by atoms with Gasteiger partial charge in [-0.1, -0.05) is 29.6 Å². The van der Waals surface area contributed by atoms with Gasteiger partial charge >= 0.3 is 0 Å². The number of carbonyl (C=O) groups is 1. The standard InChI is InChI=1S/C20H22Cl2N2O3S2/c1-11(16-9-12-2-3-14(16)8-12)23-20(25)13-4-6-15(7-5-13)24-29(26,27)17-10-18(21)28-19(17)22/h4-7,10-12,14,16,24H,2-3,8-9H2,1H3,(H,23,25)/t11-,12-,14-,16-/m0/s1. The van der Waals surface area contributed by atoms with Crippen molar-refractivity contribution >= 4 is 56.2 Å². The Morgan fingerprint density at radius 2 is 1.90 bits per heavy atom. The molecule has 1 amide bonds. The number of benzene rings is 1. The maximum atomic E-state index is 12.6. The van der Waals surface area contributed by atoms with Crippen LogP contribution in [0.4, 0.5) is 5.69 Å². The Morgan fingerprint density at radius 3 is 2.45 bits per heavy atom. The first kappa shape index (κ1) is 21.0. The molecular weight excluding hydrogens is 451 g/mol. The molecule has 2 saturated carbocycles. The molecule has 0 spiro atoms. The van der Waals surface area contributed by atoms with Gasteiger partial charge < -0.3 is 5.32 Å². The number of sulfonamides is 1. The zero-order valence-electron chi connectivity index (χ0n) is 15.8. The summed E-state index contributed by atoms with van der Waals surface area (Å²) in [7, 11) is -3.85. The summed E-state index contributed by atoms with van der Waals surface area (Å²) >= 11 is 12.8. The summed E-state index contributed by atoms with van der Waals surface area (Å²) < 4.78 is 27.8. The number of hydrogen-bond donors (Lipinski definition) is 2. The molecule has 29 heavy (non-hydrogen) atoms. The van der Waals surface area contributed by atoms with E-state index in [2.05, 4.69) is 17.0 Å². The second-order valence-electron chi connectivity index (χ2n) is 7.97. The Hall–Kier alpha value is -1.28. The molecule has 2 aliphatic carbocycles. The lowest BCUT2D eigenvalue weighted by Crippen LogP contribution is -2.40. The van der Waals surface area contributed by atoms with Crippen LogP contribution in [0.5, 0.6) is 0 Å². The predicted octanol–water partition coefficient (Wildman–Crippen LogP) is 5.41. The van der Waals surface area contributed by atoms with Crippen molar-refractivity contribution in [3.8, 4) is 0 Å². The van der Waals surface area contributed by atoms with E-state index in [1.807, 2.05) is 0 Å². The van der Waals surface area contributed by atoms with Crippen molar-refractivity contribution in [3.63, 3.8) is 0 Å². The number of hydrogen-bond acceptors (Lipinski definition) is 4. The number of halogens is 2. The van der Waals surface area contributed by atoms with Gasteiger partial charge in [0.15, 0.2) is 0 Å². The average molecular weight is 473 g/mol. The SMILES string of the molecule is C[C@H](NC(=O)c1ccc(NS(=O)(=O)c2cc(Cl)sc2Cl)cc1)[C@@H]1C[C@H]2CC[C@H]1C2. The second kappa shape index (κ2) is 8.10. The minimum absolute atomic E-state index is 0.0596. The Balaban J connectivity index is 1.39. The normalized spacial score (nSPS) is 24.4. The fraction of sp³-hybridized carbons (Fsp3) is 0.450. The molecule has 0 aliphatic heterocycles. The van der Waals surface area contributed by atoms with Crippen LogP contribution >= 0.6 is 34.5 Å². The van der Waals surface area contributed by atoms with Crippen LogP contribution in [0.25, 0.3) is 0 Å². The highest BCUT2D eigenvalue weighted by Crippen LogP contribution is 2.49. The average Bonchev–Trinajstić information content (AvgIpc) is 3.37. The number of rotatable bonds is 6. The lowest BCUT2D eigenvalue weighted by atomic mass is 9.84. The summed E-state index contributed by atoms with van der Waals surface area (Å²) in [4.78, 5) is 12.5. The van der Waals surface area contributed by atoms with E-state index in [0.717, 1.165) is 23.2 Å². The van der Waals surface area contributed by atoms with Gasteiger partial charge in [-0.05, 0) is 74.3 Å². The lowest BCUT2D eigenvalue weighted by Gasteiger charge is -2.28. The zero-order valence-corrected chi connectivity index (χ0v) is 19.0. The van der Waals surface area contributed by atoms with Crippen molar-refractivity contribution in [1.82, 2.24) is 5.32 Å². The van der Waals surface area contributed by atoms with Gasteiger partial charge in [0.25, 0.3) is 15.9 Å². The van der Waals surface area contributed by atoms with Crippen LogP contribution in [0.2, 0.25) is 8.67 Å². The molecule has 2 aromatic rings. The van der Waals surface area contributed by atoms with Gasteiger partial charge in [-0.15, -0.1) is 11.3 Å². The molecule has 4 rings (SSSR count). The van der Waals surface area contributed by atoms with Crippen LogP contribution in [0, 0.1) is 17.8 Å². The third-order valence-electron chi connectivity index (χ3n) is 6.11. The molecule has 1 aromatic heterocycles. The van der Waals surface area contributed by atoms with E-state index in [9.17, 15) is 13.2 Å². The molecule has 4 atom stereocenters. The van der Waals surface area contributed by atoms with Crippen molar-refractivity contribution in [1.29, 1.82) is 0 Å². The van der Waals surface area contributed by atoms with Crippen molar-refractivity contribution < 1.29 is 13.2 Å². The van der Waals surface area contributed by atoms with Crippen molar-refractivity contribution in [3.05, 3.63) is 44.6 Å². The van der Waals surface area contributed by atoms with Gasteiger partial charge in [0, 0.05) is 17.3 Å². The van der Waals surface area contributed by atoms with Gasteiger partial charge in [0.2, 0.25) is 0 Å². The largest absolute Gasteiger partial charge is 0.349 e. The van der Waals surface area contributed by atoms with Crippen LogP contribution in [0.15, 0.2) is 35.2 Å². The lowest BCUT2D eigenvalue weighted by molar-refractivity contribution is 0.0915. The summed E-state index contributed by atoms with van der Waals surface area (Å²) in [6.07, 6.45) is 5.13. The van der Waals surface area contributed by atoms with Crippen LogP contribution in [0.3, 0.4) is 0 Å². The predicted molar refractivity (Wildman–Crippen MR) is 117 cm³/mol. The van der Waals surface area contributed by atoms with Gasteiger partial charge in [0.05, 0.1) is 4.34 Å². The molecule has 2 bridgehead atoms. The second-order valence-corrected chi connectivity index (χ2v) is 11.9. The van der Waals surface area contributed by atoms with E-state index < -0.39 is 10.0 Å². The molecular formula is C20H22Cl2N2O3S2. The third-order valence-corrected chi connectivity index (χ3v) is 9.24. The Kier molecular flexibility index (Phi) is 5.86. The molecule has 1 heterocycles. The molecule has 156 valence electrons. The number of fused-ring (bicyclic) bond motifs is 2. The van der Waals surface area contributed by atoms with E-state index in [1.54, 1.807) is 24.3 Å². The minimum atomic E-state index is -3.85. The zero-order chi connectivity index (χ0) is 20.8. The fourth-order valence-corrected chi connectivity index (χ4v) is 7.92. The summed E-state index contributed by atoms with van der Waals surface area (Å²) in [6, 6.07) is 7.82. The van der Waals surface area contributed by atoms with Crippen LogP contribution < -0.4 is 10.0 Å². The van der Waals surface area contributed by atoms with Crippen LogP contribution in [-0.2, 0) is 10.0 Å². The van der Waals surface area contributed by atoms with Crippen LogP contribution in [0.1, 0.15) is 43.0 Å². The van der Waals surface area contributed by atoms with E-state index in [4.69, 9.17) is 23.2 Å². The maximum absolute atomic E-state index is 12.6. The molecule has 2 fully saturated rings. The Bertz CT molecular complexity index is 1020. The van der Waals surface area contributed by atoms with Gasteiger partial charge in [-0.25, -0.2) is 8.42 Å². The Labute approximate surface area is 184 Å². The number of thiophene rings is 1. The molecule has 5 nitrogen and oxygen atoms in total. The smallest absolute Gasteiger partial charge is 0.264 e. The van der Waals surface area contributed by atoms with Gasteiger partial charge in [0.1, 0.15) is 9.23 Å². The first-order chi connectivity index (χ1) is 13.7. The van der Waals surface area contributed by atoms with E-state index in [0.29, 0.717) is 21.5 Å². The molecule has 0 radical (unpaired) electrons. The molecule has 2 N–H and O–H groups in total. The topological polar surface area (TPSA) is 75.3 Å². The monoisotopic (exact) mass is 472 g/mol. The summed E-state index contributed by atoms with van der Waals surface area (Å²) in [6.45, 7) is 2.08. The minimum Gasteiger partial charge on any atom is -0.349 e. The van der Waals surface area contributed by atoms with E-state index >= 15 is 0 Å². The number of nitrogens with one attached hydrogen (secondary N) is 2. The van der Waals surface area contributed by atoms with E-state index in [-0.39, 0.29) is 21.2 Å². The molecule has 9 heteroatoms. The number of amides is 1. The van der Waals surface area contributed by atoms with Crippen molar-refractivity contribution in [2.75, 3.05) is 4.72 Å². The summed E-state index contributed by atoms with van der Waals surface area (Å²) in [5, 5.41) is 3.12. The first-order valence-electron chi connectivity index (χ1n) is 9.61. The highest BCUT2D eigenvalue weighted by Gasteiger charge is 2.42. The molecule has 2 aliphatic rings. The Morgan fingerprint density at radius 1 is 1.17 bits per heavy atom. The summed E-state index contributed by atoms with van der Waals surface area (Å²) in [5.41, 5.74) is 0.848. The van der Waals surface area contributed by atoms with Crippen molar-refractivity contribution in [2.24, 2.45) is 17.8 Å². The third kappa shape index (κ3) is 4.43. The summed E-state index contributed by atoms with van der Waals surface area (Å²) in [5.74, 6) is 2.00. The van der Waals surface area contributed by atoms with Gasteiger partial charge in [-0.2, -0.15) is 0 Å². The van der Waals surface area contributed by atoms with E-state index in [1.165, 1.54) is 31.7 Å². The molecule has 0 saturated heterocycles. The molecule has 1 aromatic carbocycles. The number of anilines is 1. The quantitative estimate of drug-likeness (QED) is 0.589. The molecule has 0 unspecified atom stereocenters. The maximum Gasteiger partial charge on any atom is 0.264 e. The fourth-order valence-electron chi connectivity index (χ4n) is 4.71. The highest BCUT2D eigenvalue weighted by molar-refractivity contribution is 7.93.